The van der Waals surface area contributed by atoms with Crippen molar-refractivity contribution < 1.29 is 4.39 Å². The maximum absolute atomic E-state index is 13.1. The Kier molecular flexibility index (Phi) is 4.97. The molecule has 0 spiro atoms. The Hall–Kier alpha value is -0.900. The Labute approximate surface area is 122 Å². The van der Waals surface area contributed by atoms with E-state index < -0.39 is 0 Å². The molecule has 1 heterocycles. The molecule has 1 N–H and O–H groups in total. The second-order valence-electron chi connectivity index (χ2n) is 4.34. The Morgan fingerprint density at radius 1 is 1.26 bits per heavy atom. The zero-order valence-electron chi connectivity index (χ0n) is 11.0. The number of thiophene rings is 1. The van der Waals surface area contributed by atoms with Gasteiger partial charge in [-0.15, -0.1) is 11.3 Å². The zero-order valence-corrected chi connectivity index (χ0v) is 12.6. The number of halogens is 2. The van der Waals surface area contributed by atoms with Crippen molar-refractivity contribution in [2.24, 2.45) is 0 Å². The summed E-state index contributed by atoms with van der Waals surface area (Å²) >= 11 is 7.81. The van der Waals surface area contributed by atoms with Gasteiger partial charge in [-0.25, -0.2) is 4.39 Å². The van der Waals surface area contributed by atoms with Crippen LogP contribution in [0.5, 0.6) is 0 Å². The molecule has 19 heavy (non-hydrogen) atoms. The first kappa shape index (κ1) is 14.5. The van der Waals surface area contributed by atoms with Gasteiger partial charge in [0.1, 0.15) is 5.82 Å². The summed E-state index contributed by atoms with van der Waals surface area (Å²) in [4.78, 5) is 2.37. The first-order valence-corrected chi connectivity index (χ1v) is 7.63. The van der Waals surface area contributed by atoms with E-state index in [2.05, 4.69) is 31.3 Å². The Balaban J connectivity index is 2.29. The zero-order chi connectivity index (χ0) is 13.8. The van der Waals surface area contributed by atoms with Crippen molar-refractivity contribution >= 4 is 22.9 Å². The van der Waals surface area contributed by atoms with Crippen LogP contribution >= 0.6 is 22.9 Å². The maximum atomic E-state index is 13.1. The van der Waals surface area contributed by atoms with Crippen LogP contribution in [-0.2, 0) is 0 Å². The van der Waals surface area contributed by atoms with Gasteiger partial charge in [-0.2, -0.15) is 0 Å². The number of hydrogen-bond acceptors (Lipinski definition) is 2. The third-order valence-corrected chi connectivity index (χ3v) is 4.57. The highest BCUT2D eigenvalue weighted by atomic mass is 35.5. The quantitative estimate of drug-likeness (QED) is 0.793. The lowest BCUT2D eigenvalue weighted by Crippen LogP contribution is -2.18. The van der Waals surface area contributed by atoms with Gasteiger partial charge in [0.2, 0.25) is 0 Å². The van der Waals surface area contributed by atoms with Crippen LogP contribution in [0.25, 0.3) is 10.4 Å². The summed E-state index contributed by atoms with van der Waals surface area (Å²) in [6, 6.07) is 9.10. The average Bonchev–Trinajstić information content (AvgIpc) is 2.85. The summed E-state index contributed by atoms with van der Waals surface area (Å²) in [5, 5.41) is 3.92. The summed E-state index contributed by atoms with van der Waals surface area (Å²) in [7, 11) is 0. The van der Waals surface area contributed by atoms with Crippen LogP contribution in [0, 0.1) is 5.82 Å². The van der Waals surface area contributed by atoms with E-state index in [0.29, 0.717) is 11.1 Å². The van der Waals surface area contributed by atoms with Gasteiger partial charge in [0, 0.05) is 21.4 Å². The summed E-state index contributed by atoms with van der Waals surface area (Å²) in [6.07, 6.45) is 1.05. The summed E-state index contributed by atoms with van der Waals surface area (Å²) in [5.74, 6) is -0.301. The molecule has 0 fully saturated rings. The highest BCUT2D eigenvalue weighted by Crippen LogP contribution is 2.36. The van der Waals surface area contributed by atoms with Gasteiger partial charge < -0.3 is 5.32 Å². The van der Waals surface area contributed by atoms with Crippen molar-refractivity contribution in [2.75, 3.05) is 6.54 Å². The van der Waals surface area contributed by atoms with Crippen LogP contribution in [0.4, 0.5) is 4.39 Å². The number of rotatable bonds is 5. The molecule has 0 aliphatic rings. The fourth-order valence-corrected chi connectivity index (χ4v) is 3.60. The molecule has 1 atom stereocenters. The molecule has 0 amide bonds. The fraction of sp³-hybridized carbons (Fsp3) is 0.333. The molecule has 1 unspecified atom stereocenters. The maximum Gasteiger partial charge on any atom is 0.124 e. The SMILES string of the molecule is CCNC(CC)c1ccc(-c2ccc(F)cc2Cl)s1. The second-order valence-corrected chi connectivity index (χ2v) is 5.87. The largest absolute Gasteiger partial charge is 0.310 e. The van der Waals surface area contributed by atoms with Gasteiger partial charge in [0.15, 0.2) is 0 Å². The first-order valence-electron chi connectivity index (χ1n) is 6.44. The Morgan fingerprint density at radius 3 is 2.68 bits per heavy atom. The van der Waals surface area contributed by atoms with Crippen LogP contribution in [0.2, 0.25) is 5.02 Å². The summed E-state index contributed by atoms with van der Waals surface area (Å²) in [6.45, 7) is 5.22. The van der Waals surface area contributed by atoms with Crippen LogP contribution < -0.4 is 5.32 Å². The molecule has 1 aromatic heterocycles. The molecule has 0 radical (unpaired) electrons. The molecule has 0 saturated heterocycles. The van der Waals surface area contributed by atoms with Crippen molar-refractivity contribution in [3.8, 4) is 10.4 Å². The van der Waals surface area contributed by atoms with Gasteiger partial charge in [0.05, 0.1) is 5.02 Å². The van der Waals surface area contributed by atoms with Crippen molar-refractivity contribution in [3.63, 3.8) is 0 Å². The lowest BCUT2D eigenvalue weighted by Gasteiger charge is -2.13. The molecule has 1 aromatic carbocycles. The molecule has 102 valence electrons. The second kappa shape index (κ2) is 6.51. The molecule has 0 bridgehead atoms. The highest BCUT2D eigenvalue weighted by molar-refractivity contribution is 7.15. The molecule has 1 nitrogen and oxygen atoms in total. The van der Waals surface area contributed by atoms with Gasteiger partial charge >= 0.3 is 0 Å². The average molecular weight is 298 g/mol. The van der Waals surface area contributed by atoms with Gasteiger partial charge in [-0.3, -0.25) is 0 Å². The highest BCUT2D eigenvalue weighted by Gasteiger charge is 2.13. The van der Waals surface area contributed by atoms with E-state index in [9.17, 15) is 4.39 Å². The lowest BCUT2D eigenvalue weighted by atomic mass is 10.1. The van der Waals surface area contributed by atoms with Gasteiger partial charge in [0.25, 0.3) is 0 Å². The van der Waals surface area contributed by atoms with Crippen molar-refractivity contribution in [1.82, 2.24) is 5.32 Å². The van der Waals surface area contributed by atoms with E-state index in [4.69, 9.17) is 11.6 Å². The third kappa shape index (κ3) is 3.35. The van der Waals surface area contributed by atoms with Crippen LogP contribution in [0.1, 0.15) is 31.2 Å². The monoisotopic (exact) mass is 297 g/mol. The van der Waals surface area contributed by atoms with Crippen molar-refractivity contribution in [1.29, 1.82) is 0 Å². The molecule has 0 saturated carbocycles. The molecular formula is C15H17ClFNS. The molecule has 0 aliphatic heterocycles. The van der Waals surface area contributed by atoms with E-state index in [-0.39, 0.29) is 5.82 Å². The smallest absolute Gasteiger partial charge is 0.124 e. The number of benzene rings is 1. The normalized spacial score (nSPS) is 12.6. The molecule has 0 aliphatic carbocycles. The topological polar surface area (TPSA) is 12.0 Å². The molecule has 4 heteroatoms. The van der Waals surface area contributed by atoms with E-state index in [1.807, 2.05) is 0 Å². The van der Waals surface area contributed by atoms with Crippen molar-refractivity contribution in [3.05, 3.63) is 46.0 Å². The number of hydrogen-bond donors (Lipinski definition) is 1. The predicted molar refractivity (Wildman–Crippen MR) is 81.4 cm³/mol. The van der Waals surface area contributed by atoms with Crippen LogP contribution in [-0.4, -0.2) is 6.54 Å². The minimum absolute atomic E-state index is 0.301. The van der Waals surface area contributed by atoms with Gasteiger partial charge in [-0.05, 0) is 43.3 Å². The van der Waals surface area contributed by atoms with Gasteiger partial charge in [-0.1, -0.05) is 25.4 Å². The summed E-state index contributed by atoms with van der Waals surface area (Å²) in [5.41, 5.74) is 0.894. The molecule has 2 rings (SSSR count). The minimum atomic E-state index is -0.301. The third-order valence-electron chi connectivity index (χ3n) is 3.03. The van der Waals surface area contributed by atoms with E-state index in [1.54, 1.807) is 17.4 Å². The van der Waals surface area contributed by atoms with E-state index in [1.165, 1.54) is 17.0 Å². The standard InChI is InChI=1S/C15H17ClFNS/c1-3-13(18-4-2)15-8-7-14(19-15)11-6-5-10(17)9-12(11)16/h5-9,13,18H,3-4H2,1-2H3. The Morgan fingerprint density at radius 2 is 2.05 bits per heavy atom. The van der Waals surface area contributed by atoms with Crippen molar-refractivity contribution in [2.45, 2.75) is 26.3 Å². The summed E-state index contributed by atoms with van der Waals surface area (Å²) < 4.78 is 13.1. The molecular weight excluding hydrogens is 281 g/mol. The lowest BCUT2D eigenvalue weighted by molar-refractivity contribution is 0.545. The van der Waals surface area contributed by atoms with E-state index >= 15 is 0 Å². The van der Waals surface area contributed by atoms with E-state index in [0.717, 1.165) is 23.4 Å². The fourth-order valence-electron chi connectivity index (χ4n) is 2.07. The Bertz CT molecular complexity index is 553. The number of nitrogens with one attached hydrogen (secondary N) is 1. The minimum Gasteiger partial charge on any atom is -0.310 e. The first-order chi connectivity index (χ1) is 9.15. The predicted octanol–water partition coefficient (Wildman–Crippen LogP) is 5.27. The molecule has 2 aromatic rings. The van der Waals surface area contributed by atoms with Crippen LogP contribution in [0.3, 0.4) is 0 Å². The van der Waals surface area contributed by atoms with Crippen LogP contribution in [0.15, 0.2) is 30.3 Å².